The van der Waals surface area contributed by atoms with Crippen LogP contribution in [0, 0.1) is 0 Å². The van der Waals surface area contributed by atoms with E-state index in [1.807, 2.05) is 0 Å². The van der Waals surface area contributed by atoms with E-state index in [0.717, 1.165) is 39.1 Å². The van der Waals surface area contributed by atoms with Crippen LogP contribution in [0.4, 0.5) is 0 Å². The highest BCUT2D eigenvalue weighted by molar-refractivity contribution is 5.10. The highest BCUT2D eigenvalue weighted by Crippen LogP contribution is 2.09. The molecule has 1 aromatic rings. The predicted octanol–water partition coefficient (Wildman–Crippen LogP) is 1.64. The first-order valence-electron chi connectivity index (χ1n) is 6.73. The molecule has 4 heteroatoms. The summed E-state index contributed by atoms with van der Waals surface area (Å²) in [7, 11) is 0. The van der Waals surface area contributed by atoms with E-state index in [1.54, 1.807) is 0 Å². The van der Waals surface area contributed by atoms with Gasteiger partial charge in [-0.1, -0.05) is 13.8 Å². The molecule has 0 bridgehead atoms. The standard InChI is InChI=1S/C13H26N4/c1-4-8-16(9-7-14)11-13-10-12(5-2)15-17(13)6-3/h10H,4-9,11,14H2,1-3H3. The Morgan fingerprint density at radius 3 is 2.59 bits per heavy atom. The zero-order chi connectivity index (χ0) is 12.7. The Hall–Kier alpha value is -0.870. The molecule has 1 rings (SSSR count). The van der Waals surface area contributed by atoms with Crippen LogP contribution in [-0.2, 0) is 19.5 Å². The van der Waals surface area contributed by atoms with Crippen molar-refractivity contribution in [3.05, 3.63) is 17.5 Å². The van der Waals surface area contributed by atoms with E-state index in [9.17, 15) is 0 Å². The van der Waals surface area contributed by atoms with Crippen molar-refractivity contribution >= 4 is 0 Å². The average molecular weight is 238 g/mol. The minimum Gasteiger partial charge on any atom is -0.329 e. The van der Waals surface area contributed by atoms with Crippen molar-refractivity contribution in [3.63, 3.8) is 0 Å². The maximum absolute atomic E-state index is 5.65. The third-order valence-corrected chi connectivity index (χ3v) is 2.95. The Bertz CT molecular complexity index is 313. The molecule has 0 spiro atoms. The highest BCUT2D eigenvalue weighted by Gasteiger charge is 2.10. The topological polar surface area (TPSA) is 47.1 Å². The molecule has 98 valence electrons. The minimum atomic E-state index is 0.723. The summed E-state index contributed by atoms with van der Waals surface area (Å²) in [5.74, 6) is 0. The second kappa shape index (κ2) is 7.45. The number of rotatable bonds is 8. The van der Waals surface area contributed by atoms with Gasteiger partial charge in [-0.25, -0.2) is 0 Å². The minimum absolute atomic E-state index is 0.723. The van der Waals surface area contributed by atoms with Crippen molar-refractivity contribution < 1.29 is 0 Å². The number of aromatic nitrogens is 2. The van der Waals surface area contributed by atoms with Crippen LogP contribution in [-0.4, -0.2) is 34.3 Å². The van der Waals surface area contributed by atoms with Crippen LogP contribution in [0.5, 0.6) is 0 Å². The van der Waals surface area contributed by atoms with Crippen LogP contribution in [0.3, 0.4) is 0 Å². The zero-order valence-corrected chi connectivity index (χ0v) is 11.4. The smallest absolute Gasteiger partial charge is 0.0625 e. The molecular weight excluding hydrogens is 212 g/mol. The van der Waals surface area contributed by atoms with E-state index in [4.69, 9.17) is 5.73 Å². The summed E-state index contributed by atoms with van der Waals surface area (Å²) in [6.07, 6.45) is 2.17. The SMILES string of the molecule is CCCN(CCN)Cc1cc(CC)nn1CC. The van der Waals surface area contributed by atoms with Crippen molar-refractivity contribution in [2.45, 2.75) is 46.7 Å². The molecule has 0 saturated carbocycles. The molecule has 0 fully saturated rings. The Morgan fingerprint density at radius 2 is 2.06 bits per heavy atom. The first kappa shape index (κ1) is 14.2. The number of hydrogen-bond acceptors (Lipinski definition) is 3. The maximum atomic E-state index is 5.65. The van der Waals surface area contributed by atoms with Crippen LogP contribution in [0.2, 0.25) is 0 Å². The molecule has 0 aromatic carbocycles. The fraction of sp³-hybridized carbons (Fsp3) is 0.769. The van der Waals surface area contributed by atoms with Gasteiger partial charge in [0.05, 0.1) is 11.4 Å². The van der Waals surface area contributed by atoms with Gasteiger partial charge in [-0.2, -0.15) is 5.10 Å². The Balaban J connectivity index is 2.72. The maximum Gasteiger partial charge on any atom is 0.0625 e. The second-order valence-corrected chi connectivity index (χ2v) is 4.36. The summed E-state index contributed by atoms with van der Waals surface area (Å²) in [4.78, 5) is 2.41. The van der Waals surface area contributed by atoms with Crippen LogP contribution < -0.4 is 5.73 Å². The Labute approximate surface area is 105 Å². The van der Waals surface area contributed by atoms with E-state index in [1.165, 1.54) is 17.8 Å². The first-order chi connectivity index (χ1) is 8.24. The van der Waals surface area contributed by atoms with E-state index >= 15 is 0 Å². The molecule has 0 aliphatic carbocycles. The lowest BCUT2D eigenvalue weighted by atomic mass is 10.3. The number of nitrogens with two attached hydrogens (primary N) is 1. The molecular formula is C13H26N4. The molecule has 17 heavy (non-hydrogen) atoms. The van der Waals surface area contributed by atoms with Gasteiger partial charge in [0.25, 0.3) is 0 Å². The lowest BCUT2D eigenvalue weighted by molar-refractivity contribution is 0.265. The van der Waals surface area contributed by atoms with Gasteiger partial charge in [-0.05, 0) is 32.4 Å². The monoisotopic (exact) mass is 238 g/mol. The molecule has 0 saturated heterocycles. The molecule has 0 aliphatic heterocycles. The number of hydrogen-bond donors (Lipinski definition) is 1. The van der Waals surface area contributed by atoms with Crippen LogP contribution in [0.15, 0.2) is 6.07 Å². The molecule has 1 heterocycles. The van der Waals surface area contributed by atoms with E-state index in [-0.39, 0.29) is 0 Å². The molecule has 0 radical (unpaired) electrons. The lowest BCUT2D eigenvalue weighted by Gasteiger charge is -2.20. The molecule has 0 unspecified atom stereocenters. The second-order valence-electron chi connectivity index (χ2n) is 4.36. The number of aryl methyl sites for hydroxylation is 2. The van der Waals surface area contributed by atoms with Crippen LogP contribution >= 0.6 is 0 Å². The Kier molecular flexibility index (Phi) is 6.22. The third-order valence-electron chi connectivity index (χ3n) is 2.95. The van der Waals surface area contributed by atoms with Crippen molar-refractivity contribution in [2.75, 3.05) is 19.6 Å². The fourth-order valence-electron chi connectivity index (χ4n) is 2.09. The van der Waals surface area contributed by atoms with E-state index in [2.05, 4.69) is 41.5 Å². The van der Waals surface area contributed by atoms with Gasteiger partial charge in [-0.15, -0.1) is 0 Å². The zero-order valence-electron chi connectivity index (χ0n) is 11.4. The van der Waals surface area contributed by atoms with Gasteiger partial charge < -0.3 is 5.73 Å². The van der Waals surface area contributed by atoms with Crippen molar-refractivity contribution in [1.82, 2.24) is 14.7 Å². The van der Waals surface area contributed by atoms with Crippen LogP contribution in [0.25, 0.3) is 0 Å². The van der Waals surface area contributed by atoms with Gasteiger partial charge in [0.1, 0.15) is 0 Å². The quantitative estimate of drug-likeness (QED) is 0.749. The van der Waals surface area contributed by atoms with Gasteiger partial charge in [0.2, 0.25) is 0 Å². The molecule has 1 aromatic heterocycles. The summed E-state index contributed by atoms with van der Waals surface area (Å²) < 4.78 is 2.11. The van der Waals surface area contributed by atoms with Crippen molar-refractivity contribution in [3.8, 4) is 0 Å². The molecule has 4 nitrogen and oxygen atoms in total. The molecule has 0 atom stereocenters. The summed E-state index contributed by atoms with van der Waals surface area (Å²) >= 11 is 0. The largest absolute Gasteiger partial charge is 0.329 e. The first-order valence-corrected chi connectivity index (χ1v) is 6.73. The van der Waals surface area contributed by atoms with Gasteiger partial charge in [-0.3, -0.25) is 9.58 Å². The van der Waals surface area contributed by atoms with Crippen molar-refractivity contribution in [2.24, 2.45) is 5.73 Å². The lowest BCUT2D eigenvalue weighted by Crippen LogP contribution is -2.30. The van der Waals surface area contributed by atoms with Gasteiger partial charge >= 0.3 is 0 Å². The summed E-state index contributed by atoms with van der Waals surface area (Å²) in [5.41, 5.74) is 8.15. The van der Waals surface area contributed by atoms with Crippen LogP contribution in [0.1, 0.15) is 38.6 Å². The fourth-order valence-corrected chi connectivity index (χ4v) is 2.09. The third kappa shape index (κ3) is 4.13. The predicted molar refractivity (Wildman–Crippen MR) is 71.9 cm³/mol. The van der Waals surface area contributed by atoms with Gasteiger partial charge in [0.15, 0.2) is 0 Å². The normalized spacial score (nSPS) is 11.4. The average Bonchev–Trinajstić information content (AvgIpc) is 2.72. The summed E-state index contributed by atoms with van der Waals surface area (Å²) in [6.45, 7) is 11.2. The van der Waals surface area contributed by atoms with Crippen molar-refractivity contribution in [1.29, 1.82) is 0 Å². The molecule has 0 amide bonds. The Morgan fingerprint density at radius 1 is 1.29 bits per heavy atom. The number of nitrogens with zero attached hydrogens (tertiary/aromatic N) is 3. The molecule has 2 N–H and O–H groups in total. The van der Waals surface area contributed by atoms with Gasteiger partial charge in [0, 0.05) is 26.2 Å². The molecule has 0 aliphatic rings. The van der Waals surface area contributed by atoms with E-state index in [0.29, 0.717) is 0 Å². The van der Waals surface area contributed by atoms with E-state index < -0.39 is 0 Å². The summed E-state index contributed by atoms with van der Waals surface area (Å²) in [5, 5.41) is 4.58. The summed E-state index contributed by atoms with van der Waals surface area (Å²) in [6, 6.07) is 2.22. The highest BCUT2D eigenvalue weighted by atomic mass is 15.3.